The zero-order valence-electron chi connectivity index (χ0n) is 7.93. The van der Waals surface area contributed by atoms with E-state index in [1.54, 1.807) is 30.4 Å². The highest BCUT2D eigenvalue weighted by molar-refractivity contribution is 5.72. The Hall–Kier alpha value is -1.77. The minimum Gasteiger partial charge on any atom is -0.507 e. The fourth-order valence-electron chi connectivity index (χ4n) is 0.994. The number of phenols is 1. The third-order valence-corrected chi connectivity index (χ3v) is 1.75. The molecule has 0 saturated carbocycles. The van der Waals surface area contributed by atoms with Crippen LogP contribution in [0.2, 0.25) is 0 Å². The third kappa shape index (κ3) is 2.94. The highest BCUT2D eigenvalue weighted by Crippen LogP contribution is 2.16. The lowest BCUT2D eigenvalue weighted by atomic mass is 10.2. The number of para-hydroxylation sites is 1. The Labute approximate surface area is 82.6 Å². The van der Waals surface area contributed by atoms with Gasteiger partial charge in [-0.15, -0.1) is 0 Å². The van der Waals surface area contributed by atoms with E-state index in [-0.39, 0.29) is 18.1 Å². The number of methoxy groups -OCH3 is 1. The average molecular weight is 192 g/mol. The summed E-state index contributed by atoms with van der Waals surface area (Å²) < 4.78 is 4.47. The van der Waals surface area contributed by atoms with Gasteiger partial charge in [-0.1, -0.05) is 30.4 Å². The molecule has 0 atom stereocenters. The molecule has 3 heteroatoms. The number of benzene rings is 1. The van der Waals surface area contributed by atoms with E-state index in [9.17, 15) is 9.90 Å². The molecule has 1 aromatic carbocycles. The van der Waals surface area contributed by atoms with Gasteiger partial charge in [0.2, 0.25) is 0 Å². The molecule has 0 fully saturated rings. The number of hydrogen-bond acceptors (Lipinski definition) is 3. The van der Waals surface area contributed by atoms with Gasteiger partial charge in [-0.25, -0.2) is 0 Å². The van der Waals surface area contributed by atoms with Crippen molar-refractivity contribution in [2.45, 2.75) is 6.42 Å². The number of esters is 1. The third-order valence-electron chi connectivity index (χ3n) is 1.75. The van der Waals surface area contributed by atoms with E-state index in [2.05, 4.69) is 4.74 Å². The van der Waals surface area contributed by atoms with Gasteiger partial charge in [0.15, 0.2) is 0 Å². The van der Waals surface area contributed by atoms with E-state index in [4.69, 9.17) is 0 Å². The topological polar surface area (TPSA) is 46.5 Å². The molecule has 0 unspecified atom stereocenters. The lowest BCUT2D eigenvalue weighted by Crippen LogP contribution is -1.96. The summed E-state index contributed by atoms with van der Waals surface area (Å²) in [5, 5.41) is 9.37. The summed E-state index contributed by atoms with van der Waals surface area (Å²) in [6, 6.07) is 6.92. The molecule has 0 aliphatic rings. The average Bonchev–Trinajstić information content (AvgIpc) is 2.20. The molecule has 0 radical (unpaired) electrons. The van der Waals surface area contributed by atoms with Crippen LogP contribution >= 0.6 is 0 Å². The molecule has 0 heterocycles. The van der Waals surface area contributed by atoms with E-state index >= 15 is 0 Å². The maximum atomic E-state index is 10.8. The van der Waals surface area contributed by atoms with Crippen LogP contribution in [0, 0.1) is 0 Å². The Kier molecular flexibility index (Phi) is 3.73. The second kappa shape index (κ2) is 5.07. The first-order chi connectivity index (χ1) is 6.74. The van der Waals surface area contributed by atoms with Crippen molar-refractivity contribution in [2.75, 3.05) is 7.11 Å². The lowest BCUT2D eigenvalue weighted by molar-refractivity contribution is -0.139. The zero-order valence-corrected chi connectivity index (χ0v) is 7.93. The Morgan fingerprint density at radius 3 is 2.86 bits per heavy atom. The van der Waals surface area contributed by atoms with Crippen LogP contribution in [0.15, 0.2) is 30.3 Å². The molecular formula is C11H12O3. The Bertz CT molecular complexity index is 342. The Morgan fingerprint density at radius 1 is 1.50 bits per heavy atom. The van der Waals surface area contributed by atoms with E-state index in [1.807, 2.05) is 6.07 Å². The largest absolute Gasteiger partial charge is 0.507 e. The predicted molar refractivity (Wildman–Crippen MR) is 53.8 cm³/mol. The number of carbonyl (C=O) groups is 1. The predicted octanol–water partition coefficient (Wildman–Crippen LogP) is 1.97. The summed E-state index contributed by atoms with van der Waals surface area (Å²) >= 11 is 0. The smallest absolute Gasteiger partial charge is 0.309 e. The van der Waals surface area contributed by atoms with Gasteiger partial charge in [-0.3, -0.25) is 4.79 Å². The summed E-state index contributed by atoms with van der Waals surface area (Å²) in [5.41, 5.74) is 0.691. The van der Waals surface area contributed by atoms with Crippen LogP contribution in [0.4, 0.5) is 0 Å². The summed E-state index contributed by atoms with van der Waals surface area (Å²) in [6.45, 7) is 0. The molecule has 1 rings (SSSR count). The van der Waals surface area contributed by atoms with Crippen LogP contribution in [-0.4, -0.2) is 18.2 Å². The maximum Gasteiger partial charge on any atom is 0.309 e. The van der Waals surface area contributed by atoms with E-state index in [1.165, 1.54) is 7.11 Å². The van der Waals surface area contributed by atoms with Crippen LogP contribution in [0.5, 0.6) is 5.75 Å². The van der Waals surface area contributed by atoms with E-state index in [0.29, 0.717) is 5.56 Å². The second-order valence-electron chi connectivity index (χ2n) is 2.74. The highest BCUT2D eigenvalue weighted by atomic mass is 16.5. The van der Waals surface area contributed by atoms with Gasteiger partial charge in [0.05, 0.1) is 13.5 Å². The summed E-state index contributed by atoms with van der Waals surface area (Å²) in [4.78, 5) is 10.8. The summed E-state index contributed by atoms with van der Waals surface area (Å²) in [6.07, 6.45) is 3.55. The standard InChI is InChI=1S/C11H12O3/c1-14-11(13)8-4-6-9-5-2-3-7-10(9)12/h2-7,12H,8H2,1H3. The van der Waals surface area contributed by atoms with Gasteiger partial charge in [0.25, 0.3) is 0 Å². The number of carbonyl (C=O) groups excluding carboxylic acids is 1. The monoisotopic (exact) mass is 192 g/mol. The molecule has 14 heavy (non-hydrogen) atoms. The molecule has 0 amide bonds. The first kappa shape index (κ1) is 10.3. The number of aromatic hydroxyl groups is 1. The van der Waals surface area contributed by atoms with Crippen molar-refractivity contribution in [3.05, 3.63) is 35.9 Å². The van der Waals surface area contributed by atoms with Crippen molar-refractivity contribution in [1.29, 1.82) is 0 Å². The van der Waals surface area contributed by atoms with Gasteiger partial charge in [0, 0.05) is 5.56 Å². The maximum absolute atomic E-state index is 10.8. The van der Waals surface area contributed by atoms with Crippen molar-refractivity contribution in [3.8, 4) is 5.75 Å². The first-order valence-corrected chi connectivity index (χ1v) is 4.25. The number of ether oxygens (including phenoxy) is 1. The van der Waals surface area contributed by atoms with E-state index in [0.717, 1.165) is 0 Å². The quantitative estimate of drug-likeness (QED) is 0.745. The van der Waals surface area contributed by atoms with Gasteiger partial charge in [0.1, 0.15) is 5.75 Å². The second-order valence-corrected chi connectivity index (χ2v) is 2.74. The minimum atomic E-state index is -0.295. The highest BCUT2D eigenvalue weighted by Gasteiger charge is 1.96. The molecular weight excluding hydrogens is 180 g/mol. The first-order valence-electron chi connectivity index (χ1n) is 4.25. The molecule has 0 aromatic heterocycles. The molecule has 0 aliphatic heterocycles. The van der Waals surface area contributed by atoms with Gasteiger partial charge < -0.3 is 9.84 Å². The fourth-order valence-corrected chi connectivity index (χ4v) is 0.994. The number of hydrogen-bond donors (Lipinski definition) is 1. The number of phenolic OH excluding ortho intramolecular Hbond substituents is 1. The Morgan fingerprint density at radius 2 is 2.21 bits per heavy atom. The molecule has 1 N–H and O–H groups in total. The molecule has 0 saturated heterocycles. The van der Waals surface area contributed by atoms with Crippen LogP contribution in [0.1, 0.15) is 12.0 Å². The van der Waals surface area contributed by atoms with Crippen molar-refractivity contribution in [3.63, 3.8) is 0 Å². The fraction of sp³-hybridized carbons (Fsp3) is 0.182. The van der Waals surface area contributed by atoms with Crippen LogP contribution in [0.3, 0.4) is 0 Å². The summed E-state index contributed by atoms with van der Waals surface area (Å²) in [7, 11) is 1.34. The van der Waals surface area contributed by atoms with Crippen LogP contribution < -0.4 is 0 Å². The Balaban J connectivity index is 2.60. The van der Waals surface area contributed by atoms with Gasteiger partial charge in [-0.05, 0) is 6.07 Å². The van der Waals surface area contributed by atoms with Gasteiger partial charge >= 0.3 is 5.97 Å². The lowest BCUT2D eigenvalue weighted by Gasteiger charge is -1.96. The van der Waals surface area contributed by atoms with Gasteiger partial charge in [-0.2, -0.15) is 0 Å². The van der Waals surface area contributed by atoms with Crippen molar-refractivity contribution in [2.24, 2.45) is 0 Å². The van der Waals surface area contributed by atoms with Crippen LogP contribution in [0.25, 0.3) is 6.08 Å². The SMILES string of the molecule is COC(=O)CC=Cc1ccccc1O. The normalized spacial score (nSPS) is 10.4. The molecule has 3 nitrogen and oxygen atoms in total. The number of rotatable bonds is 3. The molecule has 0 spiro atoms. The molecule has 74 valence electrons. The van der Waals surface area contributed by atoms with Crippen molar-refractivity contribution >= 4 is 12.0 Å². The minimum absolute atomic E-state index is 0.202. The van der Waals surface area contributed by atoms with Crippen molar-refractivity contribution < 1.29 is 14.6 Å². The molecule has 1 aromatic rings. The zero-order chi connectivity index (χ0) is 10.4. The molecule has 0 bridgehead atoms. The van der Waals surface area contributed by atoms with Crippen LogP contribution in [-0.2, 0) is 9.53 Å². The van der Waals surface area contributed by atoms with Crippen molar-refractivity contribution in [1.82, 2.24) is 0 Å². The molecule has 0 aliphatic carbocycles. The van der Waals surface area contributed by atoms with E-state index < -0.39 is 0 Å². The summed E-state index contributed by atoms with van der Waals surface area (Å²) in [5.74, 6) is -0.0923.